The van der Waals surface area contributed by atoms with E-state index < -0.39 is 0 Å². The van der Waals surface area contributed by atoms with Crippen LogP contribution >= 0.6 is 11.6 Å². The van der Waals surface area contributed by atoms with Crippen molar-refractivity contribution in [3.8, 4) is 0 Å². The van der Waals surface area contributed by atoms with Gasteiger partial charge in [-0.1, -0.05) is 41.9 Å². The van der Waals surface area contributed by atoms with Crippen LogP contribution in [0.15, 0.2) is 48.5 Å². The summed E-state index contributed by atoms with van der Waals surface area (Å²) < 4.78 is 2.37. The topological polar surface area (TPSA) is 24.3 Å². The van der Waals surface area contributed by atoms with E-state index in [0.29, 0.717) is 0 Å². The summed E-state index contributed by atoms with van der Waals surface area (Å²) in [6.45, 7) is 6.69. The lowest BCUT2D eigenvalue weighted by molar-refractivity contribution is 0.120. The predicted octanol–water partition coefficient (Wildman–Crippen LogP) is 4.80. The Balaban J connectivity index is 1.35. The molecule has 0 atom stereocenters. The number of nitrogens with zero attached hydrogens (tertiary/aromatic N) is 4. The van der Waals surface area contributed by atoms with Crippen LogP contribution in [0.2, 0.25) is 5.02 Å². The maximum atomic E-state index is 6.25. The van der Waals surface area contributed by atoms with E-state index in [-0.39, 0.29) is 0 Å². The molecule has 0 radical (unpaired) electrons. The van der Waals surface area contributed by atoms with Gasteiger partial charge in [-0.3, -0.25) is 4.90 Å². The van der Waals surface area contributed by atoms with E-state index >= 15 is 0 Å². The van der Waals surface area contributed by atoms with Crippen LogP contribution in [-0.4, -0.2) is 51.6 Å². The number of aromatic nitrogens is 2. The van der Waals surface area contributed by atoms with Gasteiger partial charge in [0.1, 0.15) is 5.82 Å². The lowest BCUT2D eigenvalue weighted by Crippen LogP contribution is -2.43. The Bertz CT molecular complexity index is 954. The molecule has 0 bridgehead atoms. The number of halogens is 1. The fourth-order valence-electron chi connectivity index (χ4n) is 4.97. The van der Waals surface area contributed by atoms with Gasteiger partial charge in [-0.25, -0.2) is 4.98 Å². The van der Waals surface area contributed by atoms with E-state index in [9.17, 15) is 0 Å². The van der Waals surface area contributed by atoms with Crippen LogP contribution in [0.1, 0.15) is 37.1 Å². The highest BCUT2D eigenvalue weighted by atomic mass is 35.5. The zero-order valence-electron chi connectivity index (χ0n) is 16.9. The Morgan fingerprint density at radius 2 is 1.66 bits per heavy atom. The van der Waals surface area contributed by atoms with Crippen LogP contribution in [0.3, 0.4) is 0 Å². The molecule has 0 spiro atoms. The second-order valence-corrected chi connectivity index (χ2v) is 8.92. The molecule has 0 aliphatic carbocycles. The van der Waals surface area contributed by atoms with E-state index in [2.05, 4.69) is 50.8 Å². The van der Waals surface area contributed by atoms with Gasteiger partial charge in [-0.2, -0.15) is 0 Å². The highest BCUT2D eigenvalue weighted by Gasteiger charge is 2.27. The van der Waals surface area contributed by atoms with Crippen LogP contribution in [-0.2, 0) is 13.1 Å². The summed E-state index contributed by atoms with van der Waals surface area (Å²) in [6.07, 6.45) is 5.33. The molecule has 0 N–H and O–H groups in total. The first-order valence-corrected chi connectivity index (χ1v) is 11.3. The molecular formula is C24H29ClN4. The highest BCUT2D eigenvalue weighted by Crippen LogP contribution is 2.25. The van der Waals surface area contributed by atoms with Gasteiger partial charge in [-0.15, -0.1) is 0 Å². The first kappa shape index (κ1) is 19.1. The second-order valence-electron chi connectivity index (χ2n) is 8.48. The van der Waals surface area contributed by atoms with Gasteiger partial charge in [0.25, 0.3) is 0 Å². The quantitative estimate of drug-likeness (QED) is 0.606. The van der Waals surface area contributed by atoms with Crippen molar-refractivity contribution in [1.29, 1.82) is 0 Å². The average Bonchev–Trinajstić information content (AvgIpc) is 3.38. The fraction of sp³-hybridized carbons (Fsp3) is 0.458. The van der Waals surface area contributed by atoms with Gasteiger partial charge in [0.05, 0.1) is 17.6 Å². The second kappa shape index (κ2) is 8.47. The highest BCUT2D eigenvalue weighted by molar-refractivity contribution is 6.31. The van der Waals surface area contributed by atoms with E-state index in [0.717, 1.165) is 48.6 Å². The van der Waals surface area contributed by atoms with Crippen LogP contribution in [0.25, 0.3) is 11.0 Å². The third-order valence-corrected chi connectivity index (χ3v) is 6.79. The molecule has 5 heteroatoms. The average molecular weight is 409 g/mol. The molecule has 2 saturated heterocycles. The van der Waals surface area contributed by atoms with Gasteiger partial charge in [0.15, 0.2) is 0 Å². The largest absolute Gasteiger partial charge is 0.322 e. The Hall–Kier alpha value is -1.88. The summed E-state index contributed by atoms with van der Waals surface area (Å²) in [5.74, 6) is 1.14. The van der Waals surface area contributed by atoms with Crippen LogP contribution in [0.5, 0.6) is 0 Å². The van der Waals surface area contributed by atoms with Crippen molar-refractivity contribution >= 4 is 22.6 Å². The normalized spacial score (nSPS) is 19.3. The first-order chi connectivity index (χ1) is 14.3. The molecule has 4 nitrogen and oxygen atoms in total. The molecule has 5 rings (SSSR count). The van der Waals surface area contributed by atoms with Crippen LogP contribution in [0.4, 0.5) is 0 Å². The summed E-state index contributed by atoms with van der Waals surface area (Å²) in [5, 5.41) is 0.750. The van der Waals surface area contributed by atoms with E-state index in [4.69, 9.17) is 16.6 Å². The first-order valence-electron chi connectivity index (χ1n) is 10.9. The molecule has 2 aliphatic heterocycles. The number of imidazole rings is 1. The van der Waals surface area contributed by atoms with Crippen molar-refractivity contribution in [1.82, 2.24) is 19.4 Å². The standard InChI is InChI=1S/C24H29ClN4/c25-20-8-9-23-22(16-20)26-24(29(23)17-19-6-2-1-3-7-19)18-27-14-10-21(11-15-27)28-12-4-5-13-28/h1-3,6-9,16,21H,4-5,10-15,17-18H2. The molecule has 2 fully saturated rings. The summed E-state index contributed by atoms with van der Waals surface area (Å²) in [7, 11) is 0. The van der Waals surface area contributed by atoms with Crippen LogP contribution < -0.4 is 0 Å². The van der Waals surface area contributed by atoms with Gasteiger partial charge in [0.2, 0.25) is 0 Å². The van der Waals surface area contributed by atoms with Crippen molar-refractivity contribution in [2.24, 2.45) is 0 Å². The number of rotatable bonds is 5. The molecule has 152 valence electrons. The maximum absolute atomic E-state index is 6.25. The van der Waals surface area contributed by atoms with Crippen LogP contribution in [0, 0.1) is 0 Å². The van der Waals surface area contributed by atoms with Gasteiger partial charge in [0, 0.05) is 30.7 Å². The minimum atomic E-state index is 0.750. The van der Waals surface area contributed by atoms with Crippen molar-refractivity contribution in [3.63, 3.8) is 0 Å². The minimum absolute atomic E-state index is 0.750. The van der Waals surface area contributed by atoms with Gasteiger partial charge >= 0.3 is 0 Å². The molecule has 2 aliphatic rings. The lowest BCUT2D eigenvalue weighted by atomic mass is 10.0. The lowest BCUT2D eigenvalue weighted by Gasteiger charge is -2.36. The third-order valence-electron chi connectivity index (χ3n) is 6.55. The molecule has 29 heavy (non-hydrogen) atoms. The zero-order valence-corrected chi connectivity index (χ0v) is 17.7. The molecule has 3 heterocycles. The predicted molar refractivity (Wildman–Crippen MR) is 119 cm³/mol. The zero-order chi connectivity index (χ0) is 19.6. The minimum Gasteiger partial charge on any atom is -0.322 e. The summed E-state index contributed by atoms with van der Waals surface area (Å²) >= 11 is 6.25. The summed E-state index contributed by atoms with van der Waals surface area (Å²) in [4.78, 5) is 10.3. The number of benzene rings is 2. The van der Waals surface area contributed by atoms with E-state index in [1.54, 1.807) is 0 Å². The smallest absolute Gasteiger partial charge is 0.124 e. The number of hydrogen-bond donors (Lipinski definition) is 0. The number of hydrogen-bond acceptors (Lipinski definition) is 3. The Kier molecular flexibility index (Phi) is 5.58. The van der Waals surface area contributed by atoms with Crippen molar-refractivity contribution in [2.45, 2.75) is 44.8 Å². The summed E-state index contributed by atoms with van der Waals surface area (Å²) in [6, 6.07) is 17.5. The van der Waals surface area contributed by atoms with Crippen molar-refractivity contribution in [3.05, 3.63) is 64.9 Å². The number of piperidine rings is 1. The molecular weight excluding hydrogens is 380 g/mol. The molecule has 2 aromatic carbocycles. The SMILES string of the molecule is Clc1ccc2c(c1)nc(CN1CCC(N3CCCC3)CC1)n2Cc1ccccc1. The number of fused-ring (bicyclic) bond motifs is 1. The molecule has 0 unspecified atom stereocenters. The maximum Gasteiger partial charge on any atom is 0.124 e. The fourth-order valence-corrected chi connectivity index (χ4v) is 5.13. The molecule has 3 aromatic rings. The van der Waals surface area contributed by atoms with E-state index in [1.807, 2.05) is 12.1 Å². The Labute approximate surface area is 178 Å². The number of likely N-dealkylation sites (tertiary alicyclic amines) is 2. The Morgan fingerprint density at radius 1 is 0.897 bits per heavy atom. The van der Waals surface area contributed by atoms with Gasteiger partial charge in [-0.05, 0) is 62.5 Å². The van der Waals surface area contributed by atoms with Crippen molar-refractivity contribution in [2.75, 3.05) is 26.2 Å². The van der Waals surface area contributed by atoms with Crippen molar-refractivity contribution < 1.29 is 0 Å². The van der Waals surface area contributed by atoms with E-state index in [1.165, 1.54) is 49.9 Å². The molecule has 0 amide bonds. The molecule has 0 saturated carbocycles. The summed E-state index contributed by atoms with van der Waals surface area (Å²) in [5.41, 5.74) is 3.46. The molecule has 1 aromatic heterocycles. The monoisotopic (exact) mass is 408 g/mol. The third kappa shape index (κ3) is 4.20. The van der Waals surface area contributed by atoms with Gasteiger partial charge < -0.3 is 9.47 Å². The Morgan fingerprint density at radius 3 is 2.41 bits per heavy atom.